The Morgan fingerprint density at radius 2 is 1.92 bits per heavy atom. The van der Waals surface area contributed by atoms with E-state index >= 15 is 0 Å². The molecule has 0 fully saturated rings. The number of hydrogen-bond acceptors (Lipinski definition) is 2. The van der Waals surface area contributed by atoms with Gasteiger partial charge in [0.25, 0.3) is 0 Å². The quantitative estimate of drug-likeness (QED) is 0.717. The second-order valence-corrected chi connectivity index (χ2v) is 4.01. The molecule has 0 bridgehead atoms. The molecule has 0 atom stereocenters. The van der Waals surface area contributed by atoms with E-state index < -0.39 is 7.82 Å². The van der Waals surface area contributed by atoms with Gasteiger partial charge in [-0.25, -0.2) is 4.57 Å². The van der Waals surface area contributed by atoms with E-state index in [9.17, 15) is 4.57 Å². The Balaban J connectivity index is 2.97. The van der Waals surface area contributed by atoms with Gasteiger partial charge >= 0.3 is 7.82 Å². The highest BCUT2D eigenvalue weighted by atomic mass is 31.2. The van der Waals surface area contributed by atoms with Gasteiger partial charge in [0.05, 0.1) is 0 Å². The number of benzene rings is 1. The third-order valence-corrected chi connectivity index (χ3v) is 1.98. The van der Waals surface area contributed by atoms with Gasteiger partial charge in [-0.2, -0.15) is 0 Å². The summed E-state index contributed by atoms with van der Waals surface area (Å²) in [7, 11) is -4.43. The van der Waals surface area contributed by atoms with Crippen molar-refractivity contribution in [3.8, 4) is 5.75 Å². The fourth-order valence-corrected chi connectivity index (χ4v) is 1.49. The Morgan fingerprint density at radius 1 is 1.31 bits per heavy atom. The van der Waals surface area contributed by atoms with Crippen LogP contribution in [0.5, 0.6) is 5.75 Å². The van der Waals surface area contributed by atoms with Crippen LogP contribution in [-0.4, -0.2) is 9.79 Å². The molecule has 0 heterocycles. The van der Waals surface area contributed by atoms with Crippen molar-refractivity contribution in [3.63, 3.8) is 0 Å². The number of phosphoric acid groups is 1. The van der Waals surface area contributed by atoms with Gasteiger partial charge in [0.15, 0.2) is 0 Å². The number of hydrogen-bond donors (Lipinski definition) is 2. The Labute approximate surface area is 76.4 Å². The third-order valence-electron chi connectivity index (χ3n) is 1.55. The lowest BCUT2D eigenvalue weighted by Crippen LogP contribution is -1.92. The summed E-state index contributed by atoms with van der Waals surface area (Å²) in [5.41, 5.74) is 1.74. The van der Waals surface area contributed by atoms with Crippen molar-refractivity contribution in [1.82, 2.24) is 0 Å². The maximum atomic E-state index is 10.5. The van der Waals surface area contributed by atoms with Gasteiger partial charge in [0, 0.05) is 0 Å². The van der Waals surface area contributed by atoms with Crippen LogP contribution in [0.1, 0.15) is 11.1 Å². The standard InChI is InChI=1S/C8H11O4P/c1-6-3-4-8(7(2)5-6)12-13(9,10)11/h3-5H,1-2H3,(H2,9,10,11). The molecule has 1 aromatic rings. The maximum Gasteiger partial charge on any atom is 0.524 e. The molecule has 0 spiro atoms. The monoisotopic (exact) mass is 202 g/mol. The van der Waals surface area contributed by atoms with Crippen LogP contribution in [-0.2, 0) is 4.57 Å². The normalized spacial score (nSPS) is 11.4. The number of aryl methyl sites for hydroxylation is 2. The van der Waals surface area contributed by atoms with Crippen molar-refractivity contribution in [2.75, 3.05) is 0 Å². The maximum absolute atomic E-state index is 10.5. The fraction of sp³-hybridized carbons (Fsp3) is 0.250. The van der Waals surface area contributed by atoms with Gasteiger partial charge in [-0.05, 0) is 25.5 Å². The summed E-state index contributed by atoms with van der Waals surface area (Å²) < 4.78 is 15.0. The molecule has 0 aliphatic rings. The van der Waals surface area contributed by atoms with Crippen LogP contribution in [0.3, 0.4) is 0 Å². The van der Waals surface area contributed by atoms with Gasteiger partial charge in [0.1, 0.15) is 5.75 Å². The summed E-state index contributed by atoms with van der Waals surface area (Å²) in [6.07, 6.45) is 0. The predicted octanol–water partition coefficient (Wildman–Crippen LogP) is 1.77. The van der Waals surface area contributed by atoms with Gasteiger partial charge in [-0.1, -0.05) is 17.7 Å². The Kier molecular flexibility index (Phi) is 2.76. The lowest BCUT2D eigenvalue weighted by Gasteiger charge is -2.09. The highest BCUT2D eigenvalue weighted by molar-refractivity contribution is 7.46. The van der Waals surface area contributed by atoms with Crippen molar-refractivity contribution in [2.45, 2.75) is 13.8 Å². The molecule has 13 heavy (non-hydrogen) atoms. The second kappa shape index (κ2) is 3.50. The lowest BCUT2D eigenvalue weighted by molar-refractivity contribution is 0.282. The van der Waals surface area contributed by atoms with Crippen molar-refractivity contribution in [3.05, 3.63) is 29.3 Å². The van der Waals surface area contributed by atoms with Crippen LogP contribution in [0, 0.1) is 13.8 Å². The first kappa shape index (κ1) is 10.3. The molecule has 0 aliphatic heterocycles. The minimum atomic E-state index is -4.43. The molecule has 0 aliphatic carbocycles. The van der Waals surface area contributed by atoms with Crippen molar-refractivity contribution < 1.29 is 18.9 Å². The molecule has 0 unspecified atom stereocenters. The van der Waals surface area contributed by atoms with Crippen LogP contribution in [0.15, 0.2) is 18.2 Å². The topological polar surface area (TPSA) is 66.8 Å². The molecule has 72 valence electrons. The van der Waals surface area contributed by atoms with Gasteiger partial charge < -0.3 is 4.52 Å². The van der Waals surface area contributed by atoms with Crippen molar-refractivity contribution >= 4 is 7.82 Å². The van der Waals surface area contributed by atoms with Crippen LogP contribution in [0.2, 0.25) is 0 Å². The molecule has 0 saturated carbocycles. The molecule has 2 N–H and O–H groups in total. The van der Waals surface area contributed by atoms with Gasteiger partial charge in [-0.15, -0.1) is 0 Å². The highest BCUT2D eigenvalue weighted by Gasteiger charge is 2.16. The SMILES string of the molecule is Cc1ccc(OP(=O)(O)O)c(C)c1. The zero-order chi connectivity index (χ0) is 10.1. The predicted molar refractivity (Wildman–Crippen MR) is 48.6 cm³/mol. The van der Waals surface area contributed by atoms with Crippen molar-refractivity contribution in [2.24, 2.45) is 0 Å². The molecule has 4 nitrogen and oxygen atoms in total. The third kappa shape index (κ3) is 3.19. The summed E-state index contributed by atoms with van der Waals surface area (Å²) in [5.74, 6) is 0.221. The van der Waals surface area contributed by atoms with E-state index in [0.717, 1.165) is 5.56 Å². The average molecular weight is 202 g/mol. The second-order valence-electron chi connectivity index (χ2n) is 2.85. The number of rotatable bonds is 2. The minimum absolute atomic E-state index is 0.221. The molecular formula is C8H11O4P. The lowest BCUT2D eigenvalue weighted by atomic mass is 10.1. The molecule has 0 radical (unpaired) electrons. The smallest absolute Gasteiger partial charge is 0.404 e. The first-order valence-electron chi connectivity index (χ1n) is 3.71. The molecular weight excluding hydrogens is 191 g/mol. The molecule has 1 rings (SSSR count). The highest BCUT2D eigenvalue weighted by Crippen LogP contribution is 2.38. The molecule has 0 saturated heterocycles. The molecule has 0 amide bonds. The zero-order valence-electron chi connectivity index (χ0n) is 7.39. The largest absolute Gasteiger partial charge is 0.524 e. The number of phosphoric ester groups is 1. The average Bonchev–Trinajstić information content (AvgIpc) is 1.93. The molecule has 1 aromatic carbocycles. The van der Waals surface area contributed by atoms with E-state index in [1.54, 1.807) is 25.1 Å². The Hall–Kier alpha value is -0.830. The molecule has 5 heteroatoms. The van der Waals surface area contributed by atoms with E-state index in [2.05, 4.69) is 4.52 Å². The summed E-state index contributed by atoms with van der Waals surface area (Å²) >= 11 is 0. The van der Waals surface area contributed by atoms with Crippen molar-refractivity contribution in [1.29, 1.82) is 0 Å². The van der Waals surface area contributed by atoms with Crippen LogP contribution < -0.4 is 4.52 Å². The Bertz CT molecular complexity index is 355. The van der Waals surface area contributed by atoms with E-state index in [1.165, 1.54) is 0 Å². The Morgan fingerprint density at radius 3 is 2.38 bits per heavy atom. The first-order valence-corrected chi connectivity index (χ1v) is 5.24. The molecule has 0 aromatic heterocycles. The summed E-state index contributed by atoms with van der Waals surface area (Å²) in [6, 6.07) is 5.08. The van der Waals surface area contributed by atoms with E-state index in [0.29, 0.717) is 5.56 Å². The van der Waals surface area contributed by atoms with Gasteiger partial charge in [-0.3, -0.25) is 9.79 Å². The summed E-state index contributed by atoms with van der Waals surface area (Å²) in [6.45, 7) is 3.63. The van der Waals surface area contributed by atoms with Crippen LogP contribution in [0.25, 0.3) is 0 Å². The summed E-state index contributed by atoms with van der Waals surface area (Å²) in [4.78, 5) is 17.1. The van der Waals surface area contributed by atoms with E-state index in [4.69, 9.17) is 9.79 Å². The van der Waals surface area contributed by atoms with E-state index in [1.807, 2.05) is 6.92 Å². The zero-order valence-corrected chi connectivity index (χ0v) is 8.28. The van der Waals surface area contributed by atoms with Crippen LogP contribution >= 0.6 is 7.82 Å². The summed E-state index contributed by atoms with van der Waals surface area (Å²) in [5, 5.41) is 0. The van der Waals surface area contributed by atoms with Gasteiger partial charge in [0.2, 0.25) is 0 Å². The first-order chi connectivity index (χ1) is 5.88. The fourth-order valence-electron chi connectivity index (χ4n) is 1.03. The van der Waals surface area contributed by atoms with Crippen LogP contribution in [0.4, 0.5) is 0 Å². The van der Waals surface area contributed by atoms with E-state index in [-0.39, 0.29) is 5.75 Å². The minimum Gasteiger partial charge on any atom is -0.404 e.